The van der Waals surface area contributed by atoms with Crippen LogP contribution in [0.3, 0.4) is 0 Å². The van der Waals surface area contributed by atoms with Crippen LogP contribution in [0.5, 0.6) is 0 Å². The zero-order chi connectivity index (χ0) is 57.3. The number of hydrogen-bond donors (Lipinski definition) is 6. The summed E-state index contributed by atoms with van der Waals surface area (Å²) >= 11 is 0. The van der Waals surface area contributed by atoms with Crippen LogP contribution in [0.1, 0.15) is 111 Å². The number of ketones is 1. The zero-order valence-corrected chi connectivity index (χ0v) is 46.3. The number of carbonyl (C=O) groups excluding carboxylic acids is 4. The summed E-state index contributed by atoms with van der Waals surface area (Å²) in [6.07, 6.45) is -16.2. The summed E-state index contributed by atoms with van der Waals surface area (Å²) in [5, 5.41) is 35.2. The molecule has 0 saturated carbocycles. The topological polar surface area (TPSA) is 259 Å². The molecule has 18 atom stereocenters. The number of aliphatic hydroxyl groups is 3. The van der Waals surface area contributed by atoms with Crippen LogP contribution >= 0.6 is 0 Å². The van der Waals surface area contributed by atoms with E-state index in [-0.39, 0.29) is 48.6 Å². The predicted molar refractivity (Wildman–Crippen MR) is 272 cm³/mol. The van der Waals surface area contributed by atoms with Crippen molar-refractivity contribution in [1.29, 1.82) is 0 Å². The maximum absolute atomic E-state index is 14.6. The van der Waals surface area contributed by atoms with Crippen molar-refractivity contribution in [3.8, 4) is 11.4 Å². The molecular weight excluding hydrogens is 1020 g/mol. The van der Waals surface area contributed by atoms with Crippen molar-refractivity contribution in [2.75, 3.05) is 28.3 Å². The number of nitrogens with zero attached hydrogens (tertiary/aromatic N) is 2. The normalized spacial score (nSPS) is 37.0. The predicted octanol–water partition coefficient (Wildman–Crippen LogP) is 6.08. The fourth-order valence-electron chi connectivity index (χ4n) is 11.2. The third kappa shape index (κ3) is 13.4. The summed E-state index contributed by atoms with van der Waals surface area (Å²) < 4.78 is 90.1. The molecule has 430 valence electrons. The quantitative estimate of drug-likeness (QED) is 0.0939. The molecule has 3 aliphatic heterocycles. The molecule has 20 nitrogen and oxygen atoms in total. The van der Waals surface area contributed by atoms with Crippen LogP contribution in [-0.2, 0) is 53.7 Å². The number of carbonyl (C=O) groups is 4. The largest absolute Gasteiger partial charge is 0.459 e. The number of likely N-dealkylation sites (N-methyl/N-ethyl adjacent to an activating group) is 1. The highest BCUT2D eigenvalue weighted by molar-refractivity contribution is 5.98. The van der Waals surface area contributed by atoms with Gasteiger partial charge in [-0.3, -0.25) is 19.8 Å². The molecule has 77 heavy (non-hydrogen) atoms. The van der Waals surface area contributed by atoms with Crippen molar-refractivity contribution < 1.29 is 85.6 Å². The van der Waals surface area contributed by atoms with Gasteiger partial charge in [-0.15, -0.1) is 0 Å². The van der Waals surface area contributed by atoms with E-state index >= 15 is 0 Å². The smallest absolute Gasteiger partial charge is 0.426 e. The number of H-pyrrole nitrogens is 1. The number of ether oxygens (including phenoxy) is 8. The van der Waals surface area contributed by atoms with Crippen LogP contribution in [0.4, 0.5) is 18.0 Å². The first-order valence-corrected chi connectivity index (χ1v) is 26.0. The highest BCUT2D eigenvalue weighted by Gasteiger charge is 2.55. The highest BCUT2D eigenvalue weighted by Crippen LogP contribution is 2.43. The number of hydrazine groups is 1. The minimum atomic E-state index is -4.50. The maximum atomic E-state index is 14.6. The molecule has 3 saturated heterocycles. The van der Waals surface area contributed by atoms with Crippen molar-refractivity contribution in [3.63, 3.8) is 0 Å². The monoisotopic (exact) mass is 1090 g/mol. The number of amides is 2. The Kier molecular flexibility index (Phi) is 19.4. The van der Waals surface area contributed by atoms with E-state index in [0.29, 0.717) is 23.0 Å². The summed E-state index contributed by atoms with van der Waals surface area (Å²) in [6, 6.07) is 8.53. The molecule has 0 bridgehead atoms. The SMILES string of the molecule is CC[C@H]1OC(=O)[C@H](C)[C@@H](O[C@H]2C[C@@](C)(OC)[C@@H](OC(=O)NNC(=O)c3ccc4nc(-c5ccc(C(F)(F)F)cc5)[nH]c4c3)[C@H](C)O2)[C@H](C)[C@@H](O[C@@H]2O[C@H](C)C[C@H](N(C)C)[C@H]2O)[C@](C)(OC)C[C@@H](C)C(=O)[C@H](C)[C@@H](O)[C@]1(C)O. The van der Waals surface area contributed by atoms with Gasteiger partial charge in [0.05, 0.1) is 58.6 Å². The number of cyclic esters (lactones) is 1. The Hall–Kier alpha value is -4.82. The number of halogens is 3. The average Bonchev–Trinajstić information content (AvgIpc) is 3.82. The summed E-state index contributed by atoms with van der Waals surface area (Å²) in [4.78, 5) is 64.8. The van der Waals surface area contributed by atoms with E-state index in [2.05, 4.69) is 20.8 Å². The second-order valence-electron chi connectivity index (χ2n) is 22.0. The number of nitrogens with one attached hydrogen (secondary N) is 3. The Balaban J connectivity index is 1.24. The number of rotatable bonds is 11. The van der Waals surface area contributed by atoms with Gasteiger partial charge in [0.25, 0.3) is 5.91 Å². The molecule has 3 aromatic rings. The van der Waals surface area contributed by atoms with E-state index in [1.54, 1.807) is 48.5 Å². The molecular formula is C54H78F3N5O15. The number of benzene rings is 2. The molecule has 0 radical (unpaired) electrons. The molecule has 1 aromatic heterocycles. The molecule has 2 aromatic carbocycles. The van der Waals surface area contributed by atoms with Crippen LogP contribution in [0, 0.1) is 23.7 Å². The van der Waals surface area contributed by atoms with E-state index in [1.807, 2.05) is 25.9 Å². The number of fused-ring (bicyclic) bond motifs is 1. The number of alkyl halides is 3. The van der Waals surface area contributed by atoms with Gasteiger partial charge in [0.1, 0.15) is 35.0 Å². The Morgan fingerprint density at radius 2 is 1.52 bits per heavy atom. The van der Waals surface area contributed by atoms with Gasteiger partial charge in [-0.05, 0) is 105 Å². The van der Waals surface area contributed by atoms with Crippen molar-refractivity contribution in [3.05, 3.63) is 53.6 Å². The molecule has 0 aliphatic carbocycles. The van der Waals surface area contributed by atoms with Crippen LogP contribution in [0.2, 0.25) is 0 Å². The Bertz CT molecular complexity index is 2530. The molecule has 3 fully saturated rings. The zero-order valence-electron chi connectivity index (χ0n) is 46.3. The van der Waals surface area contributed by atoms with Gasteiger partial charge in [0, 0.05) is 55.6 Å². The van der Waals surface area contributed by atoms with Crippen molar-refractivity contribution in [2.24, 2.45) is 23.7 Å². The third-order valence-corrected chi connectivity index (χ3v) is 16.0. The maximum Gasteiger partial charge on any atom is 0.426 e. The van der Waals surface area contributed by atoms with Gasteiger partial charge < -0.3 is 63.1 Å². The Morgan fingerprint density at radius 1 is 0.883 bits per heavy atom. The van der Waals surface area contributed by atoms with Crippen molar-refractivity contribution >= 4 is 34.8 Å². The van der Waals surface area contributed by atoms with E-state index in [4.69, 9.17) is 37.9 Å². The molecule has 3 aliphatic rings. The number of esters is 1. The first-order valence-electron chi connectivity index (χ1n) is 26.0. The van der Waals surface area contributed by atoms with Crippen LogP contribution in [0.25, 0.3) is 22.4 Å². The number of Topliss-reactive ketones (excluding diaryl/α,β-unsaturated/α-hetero) is 1. The second kappa shape index (κ2) is 24.3. The number of aromatic nitrogens is 2. The van der Waals surface area contributed by atoms with Crippen LogP contribution in [0.15, 0.2) is 42.5 Å². The molecule has 0 spiro atoms. The summed E-state index contributed by atoms with van der Waals surface area (Å²) in [6.45, 7) is 16.5. The molecule has 23 heteroatoms. The van der Waals surface area contributed by atoms with Crippen molar-refractivity contribution in [1.82, 2.24) is 25.7 Å². The fraction of sp³-hybridized carbons (Fsp3) is 0.685. The fourth-order valence-corrected chi connectivity index (χ4v) is 11.2. The average molecular weight is 1090 g/mol. The lowest BCUT2D eigenvalue weighted by Gasteiger charge is -2.50. The summed E-state index contributed by atoms with van der Waals surface area (Å²) in [5.74, 6) is -5.57. The number of aromatic amines is 1. The molecule has 6 rings (SSSR count). The first-order chi connectivity index (χ1) is 35.9. The number of imidazole rings is 1. The van der Waals surface area contributed by atoms with Crippen LogP contribution in [-0.4, -0.2) is 167 Å². The minimum absolute atomic E-state index is 0.0179. The van der Waals surface area contributed by atoms with Crippen molar-refractivity contribution in [2.45, 2.75) is 185 Å². The molecule has 4 heterocycles. The van der Waals surface area contributed by atoms with Crippen LogP contribution < -0.4 is 10.9 Å². The second-order valence-corrected chi connectivity index (χ2v) is 22.0. The van der Waals surface area contributed by atoms with E-state index in [1.165, 1.54) is 58.4 Å². The van der Waals surface area contributed by atoms with E-state index in [9.17, 15) is 47.7 Å². The lowest BCUT2D eigenvalue weighted by atomic mass is 9.74. The number of aliphatic hydroxyl groups excluding tert-OH is 2. The molecule has 6 N–H and O–H groups in total. The highest BCUT2D eigenvalue weighted by atomic mass is 19.4. The van der Waals surface area contributed by atoms with Gasteiger partial charge >= 0.3 is 18.2 Å². The Labute approximate surface area is 447 Å². The van der Waals surface area contributed by atoms with Gasteiger partial charge in [-0.1, -0.05) is 39.8 Å². The van der Waals surface area contributed by atoms with E-state index in [0.717, 1.165) is 12.1 Å². The minimum Gasteiger partial charge on any atom is -0.459 e. The summed E-state index contributed by atoms with van der Waals surface area (Å²) in [5.41, 5.74) is 0.298. The Morgan fingerprint density at radius 3 is 2.12 bits per heavy atom. The lowest BCUT2D eigenvalue weighted by Crippen LogP contribution is -2.62. The van der Waals surface area contributed by atoms with Gasteiger partial charge in [-0.25, -0.2) is 15.2 Å². The summed E-state index contributed by atoms with van der Waals surface area (Å²) in [7, 11) is 6.54. The van der Waals surface area contributed by atoms with Gasteiger partial charge in [-0.2, -0.15) is 13.2 Å². The molecule has 2 amide bonds. The number of hydrogen-bond acceptors (Lipinski definition) is 17. The van der Waals surface area contributed by atoms with Gasteiger partial charge in [0.15, 0.2) is 18.7 Å². The van der Waals surface area contributed by atoms with Gasteiger partial charge in [0.2, 0.25) is 0 Å². The third-order valence-electron chi connectivity index (χ3n) is 16.0. The van der Waals surface area contributed by atoms with E-state index < -0.39 is 125 Å². The number of methoxy groups -OCH3 is 2. The first kappa shape index (κ1) is 61.4. The molecule has 0 unspecified atom stereocenters. The standard InChI is InChI=1S/C54H78F3N5O15/c1-15-38-53(10,69)43(65)28(4)40(63)26(2)24-51(8,70-13)44(76-49-41(64)37(62(11)12)22-27(3)72-49)29(5)42(30(6)48(67)74-38)75-39-25-52(9,71-14)45(31(7)73-39)77-50(68)61-60-47(66)33-18-21-35-36(23-33)59-46(58-35)32-16-19-34(20-17-32)54(55,56)57/h16-21,23,26-31,37-39,41-45,49,64-65,69H,15,22,24-25H2,1-14H3,(H,58,59)(H,60,66)(H,61,68)/t26-,27-,28+,29+,30-,31+,37+,38-,39+,41-,42+,43-,44-,45+,49+,51-,52-,53-/m1/s1. The lowest BCUT2D eigenvalue weighted by molar-refractivity contribution is -0.319.